The number of Topliss-reactive ketones (excluding diaryl/α,β-unsaturated/α-hetero) is 1. The third-order valence-corrected chi connectivity index (χ3v) is 7.15. The highest BCUT2D eigenvalue weighted by Crippen LogP contribution is 2.49. The Morgan fingerprint density at radius 2 is 2.06 bits per heavy atom. The topological polar surface area (TPSA) is 65.0 Å². The van der Waals surface area contributed by atoms with E-state index in [1.165, 1.54) is 0 Å². The molecular formula is C28H34O5. The lowest BCUT2D eigenvalue weighted by Crippen LogP contribution is -2.39. The summed E-state index contributed by atoms with van der Waals surface area (Å²) in [5.74, 6) is 1.71. The standard InChI is InChI=1S/C28H34O5/c1-5-21-15-22(7-8-24(21)19(3)29)25-9-10-26(30)18(2)27(25)32-17-28(12-6-13-28)20(4)33-23-11-14-31-16-23/h7-10,15,23,30H,4-6,11-14,16-17H2,1-3H3/t23-/m0/s1. The lowest BCUT2D eigenvalue weighted by molar-refractivity contribution is -0.00613. The number of carbonyl (C=O) groups excluding carboxylic acids is 1. The summed E-state index contributed by atoms with van der Waals surface area (Å²) < 4.78 is 18.1. The van der Waals surface area contributed by atoms with E-state index in [0.29, 0.717) is 24.5 Å². The fraction of sp³-hybridized carbons (Fsp3) is 0.464. The predicted octanol–water partition coefficient (Wildman–Crippen LogP) is 6.00. The molecule has 5 nitrogen and oxygen atoms in total. The maximum absolute atomic E-state index is 12.0. The third kappa shape index (κ3) is 4.65. The average molecular weight is 451 g/mol. The Bertz CT molecular complexity index is 1040. The maximum Gasteiger partial charge on any atom is 0.160 e. The number of phenolic OH excluding ortho intramolecular Hbond substituents is 1. The molecule has 176 valence electrons. The first-order valence-corrected chi connectivity index (χ1v) is 11.9. The molecule has 1 aliphatic carbocycles. The molecule has 0 spiro atoms. The van der Waals surface area contributed by atoms with Crippen LogP contribution in [0.2, 0.25) is 0 Å². The minimum Gasteiger partial charge on any atom is -0.508 e. The molecule has 33 heavy (non-hydrogen) atoms. The molecule has 1 N–H and O–H groups in total. The molecule has 1 heterocycles. The van der Waals surface area contributed by atoms with Gasteiger partial charge in [0.25, 0.3) is 0 Å². The van der Waals surface area contributed by atoms with Crippen LogP contribution in [0.3, 0.4) is 0 Å². The minimum absolute atomic E-state index is 0.0647. The van der Waals surface area contributed by atoms with E-state index in [1.807, 2.05) is 32.0 Å². The number of rotatable bonds is 9. The van der Waals surface area contributed by atoms with Crippen LogP contribution in [-0.4, -0.2) is 36.8 Å². The van der Waals surface area contributed by atoms with Crippen molar-refractivity contribution in [1.82, 2.24) is 0 Å². The van der Waals surface area contributed by atoms with Crippen LogP contribution in [0.5, 0.6) is 11.5 Å². The van der Waals surface area contributed by atoms with E-state index in [9.17, 15) is 9.90 Å². The number of ether oxygens (including phenoxy) is 3. The van der Waals surface area contributed by atoms with Crippen LogP contribution in [0.15, 0.2) is 42.7 Å². The van der Waals surface area contributed by atoms with Crippen LogP contribution in [0.4, 0.5) is 0 Å². The normalized spacial score (nSPS) is 19.1. The summed E-state index contributed by atoms with van der Waals surface area (Å²) in [5.41, 5.74) is 4.11. The second-order valence-corrected chi connectivity index (χ2v) is 9.32. The van der Waals surface area contributed by atoms with Crippen molar-refractivity contribution in [2.75, 3.05) is 19.8 Å². The Hall–Kier alpha value is -2.79. The van der Waals surface area contributed by atoms with Crippen LogP contribution < -0.4 is 4.74 Å². The van der Waals surface area contributed by atoms with E-state index >= 15 is 0 Å². The molecule has 0 unspecified atom stereocenters. The summed E-state index contributed by atoms with van der Waals surface area (Å²) in [6.45, 7) is 11.6. The lowest BCUT2D eigenvalue weighted by Gasteiger charge is -2.43. The molecule has 1 aliphatic heterocycles. The van der Waals surface area contributed by atoms with Crippen LogP contribution in [-0.2, 0) is 15.9 Å². The van der Waals surface area contributed by atoms with Gasteiger partial charge in [-0.3, -0.25) is 4.79 Å². The van der Waals surface area contributed by atoms with Gasteiger partial charge < -0.3 is 19.3 Å². The number of aryl methyl sites for hydroxylation is 1. The van der Waals surface area contributed by atoms with Crippen molar-refractivity contribution >= 4 is 5.78 Å². The summed E-state index contributed by atoms with van der Waals surface area (Å²) in [6, 6.07) is 9.47. The van der Waals surface area contributed by atoms with Crippen molar-refractivity contribution in [1.29, 1.82) is 0 Å². The Morgan fingerprint density at radius 3 is 2.67 bits per heavy atom. The van der Waals surface area contributed by atoms with E-state index in [2.05, 4.69) is 12.6 Å². The van der Waals surface area contributed by atoms with Gasteiger partial charge in [-0.25, -0.2) is 0 Å². The lowest BCUT2D eigenvalue weighted by atomic mass is 9.68. The predicted molar refractivity (Wildman–Crippen MR) is 129 cm³/mol. The summed E-state index contributed by atoms with van der Waals surface area (Å²) in [4.78, 5) is 12.0. The number of ketones is 1. The van der Waals surface area contributed by atoms with Gasteiger partial charge in [0, 0.05) is 23.1 Å². The fourth-order valence-electron chi connectivity index (χ4n) is 4.74. The van der Waals surface area contributed by atoms with Gasteiger partial charge in [0.05, 0.1) is 24.4 Å². The van der Waals surface area contributed by atoms with Gasteiger partial charge >= 0.3 is 0 Å². The van der Waals surface area contributed by atoms with Crippen molar-refractivity contribution in [2.24, 2.45) is 5.41 Å². The fourth-order valence-corrected chi connectivity index (χ4v) is 4.74. The molecule has 4 rings (SSSR count). The van der Waals surface area contributed by atoms with Crippen LogP contribution >= 0.6 is 0 Å². The first-order chi connectivity index (χ1) is 15.8. The van der Waals surface area contributed by atoms with Gasteiger partial charge in [0.1, 0.15) is 24.2 Å². The molecule has 1 atom stereocenters. The van der Waals surface area contributed by atoms with Gasteiger partial charge in [0.2, 0.25) is 0 Å². The van der Waals surface area contributed by atoms with Crippen molar-refractivity contribution in [2.45, 2.75) is 59.0 Å². The summed E-state index contributed by atoms with van der Waals surface area (Å²) in [7, 11) is 0. The van der Waals surface area contributed by atoms with E-state index in [4.69, 9.17) is 14.2 Å². The summed E-state index contributed by atoms with van der Waals surface area (Å²) >= 11 is 0. The van der Waals surface area contributed by atoms with Gasteiger partial charge in [-0.15, -0.1) is 0 Å². The summed E-state index contributed by atoms with van der Waals surface area (Å²) in [5, 5.41) is 10.4. The quantitative estimate of drug-likeness (QED) is 0.375. The van der Waals surface area contributed by atoms with Gasteiger partial charge in [-0.05, 0) is 56.4 Å². The number of hydrogen-bond donors (Lipinski definition) is 1. The van der Waals surface area contributed by atoms with Crippen molar-refractivity contribution < 1.29 is 24.1 Å². The molecule has 2 fully saturated rings. The van der Waals surface area contributed by atoms with E-state index in [0.717, 1.165) is 66.7 Å². The summed E-state index contributed by atoms with van der Waals surface area (Å²) in [6.07, 6.45) is 4.79. The molecule has 0 radical (unpaired) electrons. The van der Waals surface area contributed by atoms with Gasteiger partial charge in [-0.2, -0.15) is 0 Å². The third-order valence-electron chi connectivity index (χ3n) is 7.15. The number of carbonyl (C=O) groups is 1. The zero-order chi connectivity index (χ0) is 23.6. The van der Waals surface area contributed by atoms with Crippen molar-refractivity contribution in [3.8, 4) is 22.6 Å². The number of aromatic hydroxyl groups is 1. The van der Waals surface area contributed by atoms with Crippen LogP contribution in [0, 0.1) is 12.3 Å². The van der Waals surface area contributed by atoms with Crippen molar-refractivity contribution in [3.05, 3.63) is 59.4 Å². The van der Waals surface area contributed by atoms with Crippen molar-refractivity contribution in [3.63, 3.8) is 0 Å². The molecule has 0 aromatic heterocycles. The number of phenols is 1. The number of benzene rings is 2. The highest BCUT2D eigenvalue weighted by Gasteiger charge is 2.43. The Kier molecular flexibility index (Phi) is 6.80. The molecule has 1 saturated heterocycles. The SMILES string of the molecule is C=C(O[C@H]1CCOC1)C1(COc2c(-c3ccc(C(C)=O)c(CC)c3)ccc(O)c2C)CCC1. The molecule has 1 saturated carbocycles. The molecule has 2 aromatic rings. The Labute approximate surface area is 196 Å². The first kappa shape index (κ1) is 23.4. The zero-order valence-electron chi connectivity index (χ0n) is 19.9. The molecule has 0 amide bonds. The maximum atomic E-state index is 12.0. The van der Waals surface area contributed by atoms with E-state index in [1.54, 1.807) is 13.0 Å². The number of hydrogen-bond acceptors (Lipinski definition) is 5. The first-order valence-electron chi connectivity index (χ1n) is 11.9. The Morgan fingerprint density at radius 1 is 1.27 bits per heavy atom. The zero-order valence-corrected chi connectivity index (χ0v) is 19.9. The Balaban J connectivity index is 1.61. The second kappa shape index (κ2) is 9.60. The monoisotopic (exact) mass is 450 g/mol. The molecule has 2 aliphatic rings. The molecular weight excluding hydrogens is 416 g/mol. The van der Waals surface area contributed by atoms with Gasteiger partial charge in [-0.1, -0.05) is 38.1 Å². The molecule has 0 bridgehead atoms. The van der Waals surface area contributed by atoms with E-state index < -0.39 is 0 Å². The van der Waals surface area contributed by atoms with E-state index in [-0.39, 0.29) is 23.1 Å². The minimum atomic E-state index is -0.217. The van der Waals surface area contributed by atoms with Gasteiger partial charge in [0.15, 0.2) is 5.78 Å². The van der Waals surface area contributed by atoms with Crippen LogP contribution in [0.1, 0.15) is 61.0 Å². The molecule has 5 heteroatoms. The highest BCUT2D eigenvalue weighted by molar-refractivity contribution is 5.96. The van der Waals surface area contributed by atoms with Crippen LogP contribution in [0.25, 0.3) is 11.1 Å². The molecule has 2 aromatic carbocycles. The smallest absolute Gasteiger partial charge is 0.160 e. The average Bonchev–Trinajstić information content (AvgIpc) is 3.28. The largest absolute Gasteiger partial charge is 0.508 e. The second-order valence-electron chi connectivity index (χ2n) is 9.32. The highest BCUT2D eigenvalue weighted by atomic mass is 16.5.